The van der Waals surface area contributed by atoms with Gasteiger partial charge in [-0.3, -0.25) is 0 Å². The Morgan fingerprint density at radius 2 is 1.83 bits per heavy atom. The summed E-state index contributed by atoms with van der Waals surface area (Å²) in [7, 11) is -0.371. The molecule has 0 bridgehead atoms. The summed E-state index contributed by atoms with van der Waals surface area (Å²) in [6.07, 6.45) is 0.365. The first kappa shape index (κ1) is 26.7. The molecule has 2 saturated carbocycles. The Morgan fingerprint density at radius 1 is 1.17 bits per heavy atom. The van der Waals surface area contributed by atoms with Gasteiger partial charge in [0, 0.05) is 18.9 Å². The van der Waals surface area contributed by atoms with E-state index in [1.165, 1.54) is 0 Å². The van der Waals surface area contributed by atoms with Crippen molar-refractivity contribution in [1.29, 1.82) is 0 Å². The molecule has 3 aliphatic rings. The van der Waals surface area contributed by atoms with Crippen LogP contribution in [0.2, 0.25) is 18.1 Å². The smallest absolute Gasteiger partial charge is 0.201 e. The van der Waals surface area contributed by atoms with Crippen LogP contribution < -0.4 is 4.74 Å². The van der Waals surface area contributed by atoms with Crippen molar-refractivity contribution >= 4 is 8.32 Å². The second-order valence-corrected chi connectivity index (χ2v) is 16.4. The molecule has 6 atom stereocenters. The van der Waals surface area contributed by atoms with Gasteiger partial charge in [-0.25, -0.2) is 0 Å². The number of hydrogen-bond donors (Lipinski definition) is 1. The zero-order valence-corrected chi connectivity index (χ0v) is 23.3. The molecule has 1 spiro atoms. The molecule has 1 unspecified atom stereocenters. The highest BCUT2D eigenvalue weighted by molar-refractivity contribution is 6.74. The number of aliphatic hydroxyl groups is 1. The number of benzene rings is 1. The SMILES string of the molecule is CO[C@@]12CC[C@H](O)[C@@H](C#C[C@H](COc3ccccc3)O[Si](C)(C)C(C)(C)C)[C@@H]1C(C)C21OCCO1. The first-order chi connectivity index (χ1) is 16.5. The van der Waals surface area contributed by atoms with E-state index in [0.717, 1.165) is 5.75 Å². The Morgan fingerprint density at radius 3 is 2.43 bits per heavy atom. The first-order valence-electron chi connectivity index (χ1n) is 12.9. The van der Waals surface area contributed by atoms with Crippen molar-refractivity contribution in [2.45, 2.75) is 82.3 Å². The van der Waals surface area contributed by atoms with Gasteiger partial charge in [-0.2, -0.15) is 0 Å². The van der Waals surface area contributed by atoms with Crippen LogP contribution in [0.15, 0.2) is 30.3 Å². The quantitative estimate of drug-likeness (QED) is 0.452. The highest BCUT2D eigenvalue weighted by Crippen LogP contribution is 2.65. The van der Waals surface area contributed by atoms with E-state index in [-0.39, 0.29) is 22.8 Å². The number of para-hydroxylation sites is 1. The van der Waals surface area contributed by atoms with E-state index in [9.17, 15) is 5.11 Å². The first-order valence-corrected chi connectivity index (χ1v) is 15.8. The summed E-state index contributed by atoms with van der Waals surface area (Å²) >= 11 is 0. The lowest BCUT2D eigenvalue weighted by atomic mass is 9.47. The van der Waals surface area contributed by atoms with Gasteiger partial charge in [-0.05, 0) is 43.1 Å². The molecule has 1 aromatic carbocycles. The maximum absolute atomic E-state index is 11.0. The van der Waals surface area contributed by atoms with Crippen molar-refractivity contribution in [3.63, 3.8) is 0 Å². The van der Waals surface area contributed by atoms with Crippen LogP contribution in [0.3, 0.4) is 0 Å². The van der Waals surface area contributed by atoms with E-state index >= 15 is 0 Å². The number of hydrogen-bond acceptors (Lipinski definition) is 6. The Kier molecular flexibility index (Phi) is 7.47. The van der Waals surface area contributed by atoms with Gasteiger partial charge in [0.25, 0.3) is 0 Å². The lowest BCUT2D eigenvalue weighted by Gasteiger charge is -2.67. The molecule has 0 aromatic heterocycles. The predicted molar refractivity (Wildman–Crippen MR) is 138 cm³/mol. The third kappa shape index (κ3) is 4.58. The van der Waals surface area contributed by atoms with Gasteiger partial charge in [0.15, 0.2) is 8.32 Å². The highest BCUT2D eigenvalue weighted by Gasteiger charge is 2.77. The molecule has 3 fully saturated rings. The summed E-state index contributed by atoms with van der Waals surface area (Å²) in [6, 6.07) is 9.74. The minimum Gasteiger partial charge on any atom is -0.490 e. The molecule has 0 radical (unpaired) electrons. The van der Waals surface area contributed by atoms with Crippen LogP contribution in [0.4, 0.5) is 0 Å². The maximum Gasteiger partial charge on any atom is 0.201 e. The van der Waals surface area contributed by atoms with Gasteiger partial charge >= 0.3 is 0 Å². The number of aliphatic hydroxyl groups excluding tert-OH is 1. The minimum atomic E-state index is -2.10. The third-order valence-corrected chi connectivity index (χ3v) is 13.2. The molecule has 35 heavy (non-hydrogen) atoms. The Balaban J connectivity index is 1.59. The van der Waals surface area contributed by atoms with Crippen molar-refractivity contribution < 1.29 is 28.5 Å². The fourth-order valence-electron chi connectivity index (χ4n) is 5.90. The molecule has 1 heterocycles. The molecule has 1 N–H and O–H groups in total. The molecule has 0 amide bonds. The van der Waals surface area contributed by atoms with Gasteiger partial charge in [0.05, 0.1) is 25.2 Å². The van der Waals surface area contributed by atoms with E-state index in [0.29, 0.717) is 32.7 Å². The van der Waals surface area contributed by atoms with E-state index < -0.39 is 31.9 Å². The number of fused-ring (bicyclic) bond motifs is 2. The molecule has 1 saturated heterocycles. The summed E-state index contributed by atoms with van der Waals surface area (Å²) in [5.74, 6) is 6.71. The van der Waals surface area contributed by atoms with Crippen LogP contribution in [0.1, 0.15) is 40.5 Å². The van der Waals surface area contributed by atoms with Gasteiger partial charge in [-0.15, -0.1) is 0 Å². The lowest BCUT2D eigenvalue weighted by Crippen LogP contribution is -2.79. The molecule has 194 valence electrons. The van der Waals surface area contributed by atoms with Crippen LogP contribution in [-0.2, 0) is 18.6 Å². The normalized spacial score (nSPS) is 32.8. The molecule has 7 heteroatoms. The van der Waals surface area contributed by atoms with Crippen LogP contribution in [-0.4, -0.2) is 64.0 Å². The third-order valence-electron chi connectivity index (χ3n) is 8.76. The lowest BCUT2D eigenvalue weighted by molar-refractivity contribution is -0.412. The maximum atomic E-state index is 11.0. The van der Waals surface area contributed by atoms with Crippen LogP contribution in [0.25, 0.3) is 0 Å². The standard InChI is InChI=1S/C28H42O6Si/c1-20-25-23(24(29)15-16-27(25,30-5)28(20)32-17-18-33-28)14-13-22(34-35(6,7)26(2,3)4)19-31-21-11-9-8-10-12-21/h8-12,20,22-25,29H,15-19H2,1-7H3/t20?,22-,23-,24+,25+,27+/m1/s1. The summed E-state index contributed by atoms with van der Waals surface area (Å²) in [6.45, 7) is 14.7. The summed E-state index contributed by atoms with van der Waals surface area (Å²) in [5, 5.41) is 11.1. The second kappa shape index (κ2) is 9.81. The largest absolute Gasteiger partial charge is 0.490 e. The van der Waals surface area contributed by atoms with Crippen LogP contribution in [0.5, 0.6) is 5.75 Å². The Labute approximate surface area is 211 Å². The topological polar surface area (TPSA) is 66.4 Å². The second-order valence-electron chi connectivity index (χ2n) is 11.7. The molecule has 1 aromatic rings. The minimum absolute atomic E-state index is 0.0189. The summed E-state index contributed by atoms with van der Waals surface area (Å²) in [5.41, 5.74) is -0.585. The molecule has 1 aliphatic heterocycles. The van der Waals surface area contributed by atoms with E-state index in [4.69, 9.17) is 23.4 Å². The summed E-state index contributed by atoms with van der Waals surface area (Å²) in [4.78, 5) is 0. The van der Waals surface area contributed by atoms with E-state index in [1.807, 2.05) is 30.3 Å². The number of rotatable bonds is 6. The van der Waals surface area contributed by atoms with Crippen LogP contribution in [0, 0.1) is 29.6 Å². The number of methoxy groups -OCH3 is 1. The highest BCUT2D eigenvalue weighted by atomic mass is 28.4. The zero-order chi connectivity index (χ0) is 25.5. The average Bonchev–Trinajstić information content (AvgIpc) is 3.34. The molecular formula is C28H42O6Si. The van der Waals surface area contributed by atoms with Crippen molar-refractivity contribution in [2.24, 2.45) is 17.8 Å². The van der Waals surface area contributed by atoms with Gasteiger partial charge in [0.1, 0.15) is 24.1 Å². The van der Waals surface area contributed by atoms with E-state index in [2.05, 4.69) is 52.6 Å². The van der Waals surface area contributed by atoms with Gasteiger partial charge < -0.3 is 28.5 Å². The molecule has 2 aliphatic carbocycles. The zero-order valence-electron chi connectivity index (χ0n) is 22.3. The van der Waals surface area contributed by atoms with Crippen molar-refractivity contribution in [3.05, 3.63) is 30.3 Å². The van der Waals surface area contributed by atoms with Crippen molar-refractivity contribution in [2.75, 3.05) is 26.9 Å². The van der Waals surface area contributed by atoms with Gasteiger partial charge in [0.2, 0.25) is 5.79 Å². The predicted octanol–water partition coefficient (Wildman–Crippen LogP) is 4.62. The molecular weight excluding hydrogens is 460 g/mol. The van der Waals surface area contributed by atoms with Gasteiger partial charge in [-0.1, -0.05) is 57.7 Å². The summed E-state index contributed by atoms with van der Waals surface area (Å²) < 4.78 is 31.1. The van der Waals surface area contributed by atoms with Crippen molar-refractivity contribution in [3.8, 4) is 17.6 Å². The number of ether oxygens (including phenoxy) is 4. The fraction of sp³-hybridized carbons (Fsp3) is 0.714. The van der Waals surface area contributed by atoms with E-state index in [1.54, 1.807) is 7.11 Å². The Bertz CT molecular complexity index is 926. The van der Waals surface area contributed by atoms with Crippen molar-refractivity contribution in [1.82, 2.24) is 0 Å². The molecule has 4 rings (SSSR count). The Hall–Kier alpha value is -1.40. The van der Waals surface area contributed by atoms with Crippen LogP contribution >= 0.6 is 0 Å². The average molecular weight is 503 g/mol. The fourth-order valence-corrected chi connectivity index (χ4v) is 7.09. The monoisotopic (exact) mass is 502 g/mol. The molecule has 6 nitrogen and oxygen atoms in total.